The van der Waals surface area contributed by atoms with Gasteiger partial charge >= 0.3 is 0 Å². The van der Waals surface area contributed by atoms with Gasteiger partial charge < -0.3 is 15.4 Å². The van der Waals surface area contributed by atoms with Crippen molar-refractivity contribution in [1.82, 2.24) is 4.90 Å². The molecule has 0 aromatic rings. The molecule has 0 aliphatic carbocycles. The fourth-order valence-electron chi connectivity index (χ4n) is 2.30. The zero-order chi connectivity index (χ0) is 12.8. The van der Waals surface area contributed by atoms with Gasteiger partial charge in [0.05, 0.1) is 12.0 Å². The van der Waals surface area contributed by atoms with Gasteiger partial charge in [0, 0.05) is 26.2 Å². The molecule has 4 nitrogen and oxygen atoms in total. The summed E-state index contributed by atoms with van der Waals surface area (Å²) in [5, 5.41) is 0. The van der Waals surface area contributed by atoms with Crippen LogP contribution in [0.15, 0.2) is 0 Å². The van der Waals surface area contributed by atoms with E-state index >= 15 is 0 Å². The smallest absolute Gasteiger partial charge is 0.227 e. The van der Waals surface area contributed by atoms with Crippen molar-refractivity contribution in [1.29, 1.82) is 0 Å². The molecule has 1 rings (SSSR count). The standard InChI is InChI=1S/C13H26N2O2/c1-4-15(9-11-6-5-7-17-11)13(16)12(8-14)10(2)3/h10-12H,4-9,14H2,1-3H3. The second-order valence-corrected chi connectivity index (χ2v) is 5.10. The minimum Gasteiger partial charge on any atom is -0.376 e. The van der Waals surface area contributed by atoms with E-state index in [9.17, 15) is 4.79 Å². The Morgan fingerprint density at radius 1 is 1.53 bits per heavy atom. The number of carbonyl (C=O) groups is 1. The van der Waals surface area contributed by atoms with Crippen molar-refractivity contribution in [3.8, 4) is 0 Å². The monoisotopic (exact) mass is 242 g/mol. The minimum atomic E-state index is -0.0589. The van der Waals surface area contributed by atoms with Crippen LogP contribution in [0.2, 0.25) is 0 Å². The molecule has 100 valence electrons. The summed E-state index contributed by atoms with van der Waals surface area (Å²) in [6.45, 7) is 8.84. The first-order chi connectivity index (χ1) is 8.10. The number of likely N-dealkylation sites (N-methyl/N-ethyl adjacent to an activating group) is 1. The lowest BCUT2D eigenvalue weighted by atomic mass is 9.94. The van der Waals surface area contributed by atoms with E-state index in [0.29, 0.717) is 12.5 Å². The van der Waals surface area contributed by atoms with Crippen molar-refractivity contribution < 1.29 is 9.53 Å². The summed E-state index contributed by atoms with van der Waals surface area (Å²) in [7, 11) is 0. The van der Waals surface area contributed by atoms with Crippen LogP contribution in [0.25, 0.3) is 0 Å². The molecule has 0 bridgehead atoms. The molecule has 0 aromatic carbocycles. The van der Waals surface area contributed by atoms with Gasteiger partial charge in [-0.25, -0.2) is 0 Å². The molecule has 1 amide bonds. The maximum atomic E-state index is 12.3. The topological polar surface area (TPSA) is 55.6 Å². The molecule has 2 N–H and O–H groups in total. The van der Waals surface area contributed by atoms with Gasteiger partial charge in [0.15, 0.2) is 0 Å². The third kappa shape index (κ3) is 3.96. The van der Waals surface area contributed by atoms with Crippen LogP contribution in [0.4, 0.5) is 0 Å². The molecule has 0 spiro atoms. The van der Waals surface area contributed by atoms with Gasteiger partial charge in [-0.2, -0.15) is 0 Å². The molecule has 2 atom stereocenters. The zero-order valence-electron chi connectivity index (χ0n) is 11.3. The lowest BCUT2D eigenvalue weighted by molar-refractivity contribution is -0.138. The SMILES string of the molecule is CCN(CC1CCCO1)C(=O)C(CN)C(C)C. The molecule has 0 radical (unpaired) electrons. The molecular formula is C13H26N2O2. The number of amides is 1. The van der Waals surface area contributed by atoms with Gasteiger partial charge in [-0.05, 0) is 25.7 Å². The Kier molecular flexibility index (Phi) is 5.92. The lowest BCUT2D eigenvalue weighted by Gasteiger charge is -2.29. The average Bonchev–Trinajstić information content (AvgIpc) is 2.78. The number of nitrogens with zero attached hydrogens (tertiary/aromatic N) is 1. The summed E-state index contributed by atoms with van der Waals surface area (Å²) in [6, 6.07) is 0. The first-order valence-corrected chi connectivity index (χ1v) is 6.70. The Labute approximate surface area is 104 Å². The summed E-state index contributed by atoms with van der Waals surface area (Å²) in [5.41, 5.74) is 5.70. The minimum absolute atomic E-state index is 0.0589. The molecule has 1 aliphatic rings. The summed E-state index contributed by atoms with van der Waals surface area (Å²) in [4.78, 5) is 14.2. The second kappa shape index (κ2) is 6.97. The molecule has 1 heterocycles. The molecule has 1 fully saturated rings. The number of hydrogen-bond acceptors (Lipinski definition) is 3. The van der Waals surface area contributed by atoms with Crippen LogP contribution in [0, 0.1) is 11.8 Å². The molecule has 17 heavy (non-hydrogen) atoms. The zero-order valence-corrected chi connectivity index (χ0v) is 11.3. The second-order valence-electron chi connectivity index (χ2n) is 5.10. The third-order valence-corrected chi connectivity index (χ3v) is 3.52. The van der Waals surface area contributed by atoms with E-state index in [1.807, 2.05) is 11.8 Å². The van der Waals surface area contributed by atoms with E-state index in [4.69, 9.17) is 10.5 Å². The summed E-state index contributed by atoms with van der Waals surface area (Å²) in [6.07, 6.45) is 2.41. The highest BCUT2D eigenvalue weighted by atomic mass is 16.5. The quantitative estimate of drug-likeness (QED) is 0.762. The maximum Gasteiger partial charge on any atom is 0.227 e. The van der Waals surface area contributed by atoms with E-state index in [2.05, 4.69) is 13.8 Å². The number of hydrogen-bond donors (Lipinski definition) is 1. The van der Waals surface area contributed by atoms with E-state index in [0.717, 1.165) is 32.5 Å². The molecule has 2 unspecified atom stereocenters. The van der Waals surface area contributed by atoms with Crippen LogP contribution in [0.5, 0.6) is 0 Å². The van der Waals surface area contributed by atoms with Crippen LogP contribution in [-0.4, -0.2) is 43.2 Å². The van der Waals surface area contributed by atoms with Crippen molar-refractivity contribution in [3.63, 3.8) is 0 Å². The Morgan fingerprint density at radius 3 is 2.65 bits per heavy atom. The van der Waals surface area contributed by atoms with E-state index < -0.39 is 0 Å². The Balaban J connectivity index is 2.55. The summed E-state index contributed by atoms with van der Waals surface area (Å²) >= 11 is 0. The van der Waals surface area contributed by atoms with Crippen molar-refractivity contribution in [2.24, 2.45) is 17.6 Å². The molecule has 4 heteroatoms. The van der Waals surface area contributed by atoms with E-state index in [1.54, 1.807) is 0 Å². The summed E-state index contributed by atoms with van der Waals surface area (Å²) < 4.78 is 5.58. The fraction of sp³-hybridized carbons (Fsp3) is 0.923. The summed E-state index contributed by atoms with van der Waals surface area (Å²) in [5.74, 6) is 0.419. The number of ether oxygens (including phenoxy) is 1. The Bertz CT molecular complexity index is 238. The molecular weight excluding hydrogens is 216 g/mol. The van der Waals surface area contributed by atoms with Gasteiger partial charge in [-0.1, -0.05) is 13.8 Å². The van der Waals surface area contributed by atoms with Crippen LogP contribution in [-0.2, 0) is 9.53 Å². The first kappa shape index (κ1) is 14.5. The number of rotatable bonds is 6. The van der Waals surface area contributed by atoms with Gasteiger partial charge in [0.25, 0.3) is 0 Å². The highest BCUT2D eigenvalue weighted by molar-refractivity contribution is 5.79. The molecule has 0 saturated carbocycles. The van der Waals surface area contributed by atoms with E-state index in [1.165, 1.54) is 0 Å². The normalized spacial score (nSPS) is 21.8. The number of carbonyl (C=O) groups excluding carboxylic acids is 1. The van der Waals surface area contributed by atoms with Crippen LogP contribution < -0.4 is 5.73 Å². The fourth-order valence-corrected chi connectivity index (χ4v) is 2.30. The maximum absolute atomic E-state index is 12.3. The Morgan fingerprint density at radius 2 is 2.24 bits per heavy atom. The van der Waals surface area contributed by atoms with Crippen molar-refractivity contribution >= 4 is 5.91 Å². The predicted molar refractivity (Wildman–Crippen MR) is 68.6 cm³/mol. The van der Waals surface area contributed by atoms with Crippen LogP contribution in [0.3, 0.4) is 0 Å². The van der Waals surface area contributed by atoms with Crippen LogP contribution in [0.1, 0.15) is 33.6 Å². The van der Waals surface area contributed by atoms with Gasteiger partial charge in [0.2, 0.25) is 5.91 Å². The highest BCUT2D eigenvalue weighted by Gasteiger charge is 2.27. The predicted octanol–water partition coefficient (Wildman–Crippen LogP) is 1.24. The van der Waals surface area contributed by atoms with E-state index in [-0.39, 0.29) is 17.9 Å². The highest BCUT2D eigenvalue weighted by Crippen LogP contribution is 2.17. The van der Waals surface area contributed by atoms with Crippen molar-refractivity contribution in [2.75, 3.05) is 26.2 Å². The van der Waals surface area contributed by atoms with Crippen LogP contribution >= 0.6 is 0 Å². The third-order valence-electron chi connectivity index (χ3n) is 3.52. The molecule has 0 aromatic heterocycles. The largest absolute Gasteiger partial charge is 0.376 e. The average molecular weight is 242 g/mol. The molecule has 1 aliphatic heterocycles. The van der Waals surface area contributed by atoms with Gasteiger partial charge in [-0.3, -0.25) is 4.79 Å². The van der Waals surface area contributed by atoms with Crippen molar-refractivity contribution in [3.05, 3.63) is 0 Å². The number of nitrogens with two attached hydrogens (primary N) is 1. The Hall–Kier alpha value is -0.610. The molecule has 1 saturated heterocycles. The van der Waals surface area contributed by atoms with Gasteiger partial charge in [0.1, 0.15) is 0 Å². The van der Waals surface area contributed by atoms with Gasteiger partial charge in [-0.15, -0.1) is 0 Å². The first-order valence-electron chi connectivity index (χ1n) is 6.70. The lowest BCUT2D eigenvalue weighted by Crippen LogP contribution is -2.44. The van der Waals surface area contributed by atoms with Crippen molar-refractivity contribution in [2.45, 2.75) is 39.7 Å².